The SMILES string of the molecule is CCN(CC(=O)N[C@H](C)[C@H]1C[C@H]2CC[C@H]1C2)[C@@H](C)CS(C)(=O)=O. The Morgan fingerprint density at radius 2 is 1.96 bits per heavy atom. The van der Waals surface area contributed by atoms with Crippen LogP contribution in [0.2, 0.25) is 0 Å². The minimum Gasteiger partial charge on any atom is -0.352 e. The van der Waals surface area contributed by atoms with Gasteiger partial charge in [0.2, 0.25) is 5.91 Å². The lowest BCUT2D eigenvalue weighted by Gasteiger charge is -2.31. The zero-order chi connectivity index (χ0) is 17.2. The summed E-state index contributed by atoms with van der Waals surface area (Å²) in [6.07, 6.45) is 6.54. The number of carbonyl (C=O) groups is 1. The Morgan fingerprint density at radius 3 is 2.43 bits per heavy atom. The lowest BCUT2D eigenvalue weighted by atomic mass is 9.84. The van der Waals surface area contributed by atoms with Crippen LogP contribution >= 0.6 is 0 Å². The summed E-state index contributed by atoms with van der Waals surface area (Å²) in [6, 6.07) is 0.0836. The van der Waals surface area contributed by atoms with Gasteiger partial charge in [-0.25, -0.2) is 8.42 Å². The first-order chi connectivity index (χ1) is 10.7. The number of amides is 1. The zero-order valence-corrected chi connectivity index (χ0v) is 15.7. The summed E-state index contributed by atoms with van der Waals surface area (Å²) in [7, 11) is -3.03. The molecule has 1 amide bonds. The lowest BCUT2D eigenvalue weighted by molar-refractivity contribution is -0.123. The van der Waals surface area contributed by atoms with E-state index < -0.39 is 9.84 Å². The van der Waals surface area contributed by atoms with Gasteiger partial charge in [-0.2, -0.15) is 0 Å². The first-order valence-corrected chi connectivity index (χ1v) is 11.0. The molecule has 2 aliphatic rings. The summed E-state index contributed by atoms with van der Waals surface area (Å²) in [5.74, 6) is 2.41. The van der Waals surface area contributed by atoms with E-state index in [9.17, 15) is 13.2 Å². The van der Waals surface area contributed by atoms with Crippen LogP contribution in [0.25, 0.3) is 0 Å². The predicted octanol–water partition coefficient (Wildman–Crippen LogP) is 1.68. The summed E-state index contributed by atoms with van der Waals surface area (Å²) in [6.45, 7) is 6.91. The number of hydrogen-bond acceptors (Lipinski definition) is 4. The molecule has 2 saturated carbocycles. The van der Waals surface area contributed by atoms with Gasteiger partial charge in [0, 0.05) is 18.3 Å². The Balaban J connectivity index is 1.82. The van der Waals surface area contributed by atoms with Crippen molar-refractivity contribution in [2.24, 2.45) is 17.8 Å². The molecule has 2 aliphatic carbocycles. The maximum absolute atomic E-state index is 12.4. The van der Waals surface area contributed by atoms with E-state index in [4.69, 9.17) is 0 Å². The van der Waals surface area contributed by atoms with E-state index >= 15 is 0 Å². The lowest BCUT2D eigenvalue weighted by Crippen LogP contribution is -2.48. The Bertz CT molecular complexity index is 520. The first-order valence-electron chi connectivity index (χ1n) is 8.90. The molecular weight excluding hydrogens is 312 g/mol. The third-order valence-corrected chi connectivity index (χ3v) is 6.83. The van der Waals surface area contributed by atoms with Crippen molar-refractivity contribution in [1.29, 1.82) is 0 Å². The van der Waals surface area contributed by atoms with E-state index in [2.05, 4.69) is 12.2 Å². The molecule has 0 heterocycles. The zero-order valence-electron chi connectivity index (χ0n) is 14.9. The Kier molecular flexibility index (Phi) is 6.11. The molecule has 0 aromatic rings. The van der Waals surface area contributed by atoms with Crippen LogP contribution in [0.1, 0.15) is 46.5 Å². The number of nitrogens with zero attached hydrogens (tertiary/aromatic N) is 1. The Hall–Kier alpha value is -0.620. The molecule has 0 unspecified atom stereocenters. The number of nitrogens with one attached hydrogen (secondary N) is 1. The van der Waals surface area contributed by atoms with Gasteiger partial charge < -0.3 is 5.32 Å². The molecule has 2 fully saturated rings. The number of likely N-dealkylation sites (N-methyl/N-ethyl adjacent to an activating group) is 1. The summed E-state index contributed by atoms with van der Waals surface area (Å²) < 4.78 is 22.9. The number of rotatable bonds is 8. The Labute approximate surface area is 141 Å². The number of fused-ring (bicyclic) bond motifs is 2. The summed E-state index contributed by atoms with van der Waals surface area (Å²) in [5, 5.41) is 3.16. The van der Waals surface area contributed by atoms with Gasteiger partial charge in [0.25, 0.3) is 0 Å². The second-order valence-electron chi connectivity index (χ2n) is 7.70. The van der Waals surface area contributed by atoms with E-state index in [1.807, 2.05) is 18.7 Å². The van der Waals surface area contributed by atoms with Gasteiger partial charge in [0.15, 0.2) is 0 Å². The fourth-order valence-corrected chi connectivity index (χ4v) is 5.71. The van der Waals surface area contributed by atoms with E-state index in [0.29, 0.717) is 12.5 Å². The van der Waals surface area contributed by atoms with Crippen molar-refractivity contribution in [3.63, 3.8) is 0 Å². The molecule has 5 nitrogen and oxygen atoms in total. The molecule has 1 N–H and O–H groups in total. The van der Waals surface area contributed by atoms with Crippen molar-refractivity contribution in [3.05, 3.63) is 0 Å². The third-order valence-electron chi connectivity index (χ3n) is 5.74. The van der Waals surface area contributed by atoms with Crippen LogP contribution in [-0.4, -0.2) is 56.4 Å². The molecule has 134 valence electrons. The maximum atomic E-state index is 12.4. The van der Waals surface area contributed by atoms with Crippen LogP contribution in [0, 0.1) is 17.8 Å². The second kappa shape index (κ2) is 7.51. The Morgan fingerprint density at radius 1 is 1.26 bits per heavy atom. The number of hydrogen-bond donors (Lipinski definition) is 1. The molecule has 23 heavy (non-hydrogen) atoms. The fraction of sp³-hybridized carbons (Fsp3) is 0.941. The molecule has 5 atom stereocenters. The van der Waals surface area contributed by atoms with Gasteiger partial charge in [-0.05, 0) is 57.4 Å². The summed E-state index contributed by atoms with van der Waals surface area (Å²) >= 11 is 0. The molecule has 0 aliphatic heterocycles. The second-order valence-corrected chi connectivity index (χ2v) is 9.88. The molecule has 0 spiro atoms. The number of sulfone groups is 1. The van der Waals surface area contributed by atoms with Crippen LogP contribution in [-0.2, 0) is 14.6 Å². The molecular formula is C17H32N2O3S. The summed E-state index contributed by atoms with van der Waals surface area (Å²) in [4.78, 5) is 14.3. The van der Waals surface area contributed by atoms with Crippen LogP contribution in [0.15, 0.2) is 0 Å². The van der Waals surface area contributed by atoms with Crippen molar-refractivity contribution in [3.8, 4) is 0 Å². The largest absolute Gasteiger partial charge is 0.352 e. The molecule has 0 saturated heterocycles. The fourth-order valence-electron chi connectivity index (χ4n) is 4.62. The first kappa shape index (κ1) is 18.7. The van der Waals surface area contributed by atoms with Crippen molar-refractivity contribution >= 4 is 15.7 Å². The molecule has 2 bridgehead atoms. The normalized spacial score (nSPS) is 29.7. The van der Waals surface area contributed by atoms with E-state index in [-0.39, 0.29) is 30.3 Å². The van der Waals surface area contributed by atoms with Gasteiger partial charge in [-0.15, -0.1) is 0 Å². The van der Waals surface area contributed by atoms with Gasteiger partial charge in [-0.3, -0.25) is 9.69 Å². The standard InChI is InChI=1S/C17H32N2O3S/c1-5-19(12(2)11-23(4,21)22)10-17(20)18-13(3)16-9-14-6-7-15(16)8-14/h12-16H,5-11H2,1-4H3,(H,18,20)/t12-,13+,14-,15-,16+/m0/s1. The predicted molar refractivity (Wildman–Crippen MR) is 93.0 cm³/mol. The van der Waals surface area contributed by atoms with Crippen LogP contribution in [0.4, 0.5) is 0 Å². The van der Waals surface area contributed by atoms with Crippen LogP contribution < -0.4 is 5.32 Å². The van der Waals surface area contributed by atoms with Crippen molar-refractivity contribution in [2.45, 2.75) is 58.5 Å². The average Bonchev–Trinajstić information content (AvgIpc) is 3.05. The highest BCUT2D eigenvalue weighted by molar-refractivity contribution is 7.90. The smallest absolute Gasteiger partial charge is 0.234 e. The van der Waals surface area contributed by atoms with Crippen LogP contribution in [0.3, 0.4) is 0 Å². The van der Waals surface area contributed by atoms with Crippen molar-refractivity contribution < 1.29 is 13.2 Å². The minimum absolute atomic E-state index is 0.0162. The quantitative estimate of drug-likeness (QED) is 0.727. The van der Waals surface area contributed by atoms with Gasteiger partial charge in [0.05, 0.1) is 12.3 Å². The van der Waals surface area contributed by atoms with Gasteiger partial charge in [0.1, 0.15) is 9.84 Å². The third kappa shape index (κ3) is 5.18. The molecule has 0 aromatic heterocycles. The van der Waals surface area contributed by atoms with E-state index in [1.54, 1.807) is 0 Å². The van der Waals surface area contributed by atoms with E-state index in [1.165, 1.54) is 31.9 Å². The van der Waals surface area contributed by atoms with Crippen LogP contribution in [0.5, 0.6) is 0 Å². The monoisotopic (exact) mass is 344 g/mol. The molecule has 2 rings (SSSR count). The topological polar surface area (TPSA) is 66.5 Å². The average molecular weight is 345 g/mol. The van der Waals surface area contributed by atoms with E-state index in [0.717, 1.165) is 11.8 Å². The highest BCUT2D eigenvalue weighted by Gasteiger charge is 2.42. The number of carbonyl (C=O) groups excluding carboxylic acids is 1. The summed E-state index contributed by atoms with van der Waals surface area (Å²) in [5.41, 5.74) is 0. The minimum atomic E-state index is -3.03. The van der Waals surface area contributed by atoms with Crippen molar-refractivity contribution in [1.82, 2.24) is 10.2 Å². The molecule has 6 heteroatoms. The maximum Gasteiger partial charge on any atom is 0.234 e. The molecule has 0 aromatic carbocycles. The van der Waals surface area contributed by atoms with Crippen molar-refractivity contribution in [2.75, 3.05) is 25.1 Å². The molecule has 0 radical (unpaired) electrons. The van der Waals surface area contributed by atoms with Gasteiger partial charge in [-0.1, -0.05) is 13.3 Å². The van der Waals surface area contributed by atoms with Gasteiger partial charge >= 0.3 is 0 Å². The highest BCUT2D eigenvalue weighted by atomic mass is 32.2. The highest BCUT2D eigenvalue weighted by Crippen LogP contribution is 2.49.